The first-order valence-electron chi connectivity index (χ1n) is 4.98. The lowest BCUT2D eigenvalue weighted by molar-refractivity contribution is -0.137. The van der Waals surface area contributed by atoms with Crippen LogP contribution in [-0.4, -0.2) is 5.11 Å². The van der Waals surface area contributed by atoms with Gasteiger partial charge < -0.3 is 5.11 Å². The molecule has 0 aliphatic rings. The standard InChI is InChI=1S/C12H8BrF3OS/c13-10-6-5-9(18-10)11(17)7-1-3-8(4-2-7)12(14,15)16/h1-6,11,17H. The molecule has 0 radical (unpaired) electrons. The average Bonchev–Trinajstić information content (AvgIpc) is 2.74. The van der Waals surface area contributed by atoms with Crippen molar-refractivity contribution in [1.29, 1.82) is 0 Å². The number of benzene rings is 1. The summed E-state index contributed by atoms with van der Waals surface area (Å²) in [6.07, 6.45) is -5.25. The molecule has 96 valence electrons. The van der Waals surface area contributed by atoms with Crippen LogP contribution in [0.5, 0.6) is 0 Å². The van der Waals surface area contributed by atoms with E-state index in [9.17, 15) is 18.3 Å². The van der Waals surface area contributed by atoms with Crippen molar-refractivity contribution >= 4 is 27.3 Å². The first-order valence-corrected chi connectivity index (χ1v) is 6.59. The maximum Gasteiger partial charge on any atom is 0.416 e. The molecule has 2 aromatic rings. The Balaban J connectivity index is 2.24. The Hall–Kier alpha value is -0.850. The molecule has 0 saturated carbocycles. The van der Waals surface area contributed by atoms with E-state index >= 15 is 0 Å². The van der Waals surface area contributed by atoms with Gasteiger partial charge in [-0.25, -0.2) is 0 Å². The maximum atomic E-state index is 12.4. The van der Waals surface area contributed by atoms with Gasteiger partial charge in [0.25, 0.3) is 0 Å². The Morgan fingerprint density at radius 1 is 1.06 bits per heavy atom. The van der Waals surface area contributed by atoms with E-state index in [1.807, 2.05) is 0 Å². The highest BCUT2D eigenvalue weighted by Gasteiger charge is 2.30. The first-order chi connectivity index (χ1) is 8.38. The molecule has 1 atom stereocenters. The Morgan fingerprint density at radius 3 is 2.11 bits per heavy atom. The molecule has 0 aliphatic heterocycles. The largest absolute Gasteiger partial charge is 0.416 e. The highest BCUT2D eigenvalue weighted by molar-refractivity contribution is 9.11. The predicted octanol–water partition coefficient (Wildman–Crippen LogP) is 4.61. The lowest BCUT2D eigenvalue weighted by atomic mass is 10.1. The minimum absolute atomic E-state index is 0.442. The molecular weight excluding hydrogens is 329 g/mol. The van der Waals surface area contributed by atoms with E-state index in [0.717, 1.165) is 15.9 Å². The second kappa shape index (κ2) is 5.03. The van der Waals surface area contributed by atoms with E-state index in [0.29, 0.717) is 10.4 Å². The van der Waals surface area contributed by atoms with Crippen LogP contribution in [0, 0.1) is 0 Å². The molecule has 1 aromatic heterocycles. The highest BCUT2D eigenvalue weighted by atomic mass is 79.9. The van der Waals surface area contributed by atoms with Crippen molar-refractivity contribution in [1.82, 2.24) is 0 Å². The molecule has 1 unspecified atom stereocenters. The molecule has 0 bridgehead atoms. The van der Waals surface area contributed by atoms with Gasteiger partial charge in [-0.1, -0.05) is 12.1 Å². The smallest absolute Gasteiger partial charge is 0.383 e. The van der Waals surface area contributed by atoms with Gasteiger partial charge in [0.2, 0.25) is 0 Å². The molecule has 0 fully saturated rings. The fourth-order valence-electron chi connectivity index (χ4n) is 1.49. The summed E-state index contributed by atoms with van der Waals surface area (Å²) >= 11 is 4.61. The topological polar surface area (TPSA) is 20.2 Å². The zero-order valence-corrected chi connectivity index (χ0v) is 11.3. The number of aliphatic hydroxyl groups is 1. The second-order valence-corrected chi connectivity index (χ2v) is 6.16. The van der Waals surface area contributed by atoms with Crippen molar-refractivity contribution in [2.24, 2.45) is 0 Å². The molecule has 0 amide bonds. The van der Waals surface area contributed by atoms with Gasteiger partial charge in [-0.2, -0.15) is 13.2 Å². The van der Waals surface area contributed by atoms with Gasteiger partial charge in [-0.05, 0) is 45.8 Å². The Bertz CT molecular complexity index is 533. The zero-order valence-electron chi connectivity index (χ0n) is 8.91. The number of alkyl halides is 3. The summed E-state index contributed by atoms with van der Waals surface area (Å²) in [4.78, 5) is 0.682. The fourth-order valence-corrected chi connectivity index (χ4v) is 2.93. The van der Waals surface area contributed by atoms with Crippen molar-refractivity contribution in [3.05, 3.63) is 56.2 Å². The van der Waals surface area contributed by atoms with Crippen molar-refractivity contribution in [3.8, 4) is 0 Å². The van der Waals surface area contributed by atoms with Crippen LogP contribution in [-0.2, 0) is 6.18 Å². The van der Waals surface area contributed by atoms with Gasteiger partial charge in [0.1, 0.15) is 6.10 Å². The summed E-state index contributed by atoms with van der Waals surface area (Å²) < 4.78 is 38.0. The van der Waals surface area contributed by atoms with Gasteiger partial charge in [0.05, 0.1) is 9.35 Å². The first kappa shape index (κ1) is 13.6. The molecule has 1 nitrogen and oxygen atoms in total. The van der Waals surface area contributed by atoms with E-state index in [2.05, 4.69) is 15.9 Å². The second-order valence-electron chi connectivity index (χ2n) is 3.66. The summed E-state index contributed by atoms with van der Waals surface area (Å²) in [5.74, 6) is 0. The Kier molecular flexibility index (Phi) is 3.79. The SMILES string of the molecule is OC(c1ccc(C(F)(F)F)cc1)c1ccc(Br)s1. The Morgan fingerprint density at radius 2 is 1.67 bits per heavy atom. The average molecular weight is 337 g/mol. The molecule has 1 aromatic carbocycles. The van der Waals surface area contributed by atoms with Crippen LogP contribution in [0.1, 0.15) is 22.1 Å². The quantitative estimate of drug-likeness (QED) is 0.848. The van der Waals surface area contributed by atoms with Crippen LogP contribution >= 0.6 is 27.3 Å². The summed E-state index contributed by atoms with van der Waals surface area (Å²) in [5.41, 5.74) is -0.275. The number of thiophene rings is 1. The molecule has 0 spiro atoms. The minimum Gasteiger partial charge on any atom is -0.383 e. The molecule has 18 heavy (non-hydrogen) atoms. The predicted molar refractivity (Wildman–Crippen MR) is 67.5 cm³/mol. The molecule has 1 N–H and O–H groups in total. The van der Waals surface area contributed by atoms with Gasteiger partial charge in [0, 0.05) is 4.88 Å². The summed E-state index contributed by atoms with van der Waals surface area (Å²) in [7, 11) is 0. The molecule has 2 rings (SSSR count). The zero-order chi connectivity index (χ0) is 13.3. The summed E-state index contributed by atoms with van der Waals surface area (Å²) in [6.45, 7) is 0. The van der Waals surface area contributed by atoms with Crippen LogP contribution in [0.3, 0.4) is 0 Å². The third-order valence-corrected chi connectivity index (χ3v) is 4.09. The molecule has 1 heterocycles. The maximum absolute atomic E-state index is 12.4. The Labute approximate surface area is 114 Å². The molecule has 0 saturated heterocycles. The molecular formula is C12H8BrF3OS. The number of rotatable bonds is 2. The highest BCUT2D eigenvalue weighted by Crippen LogP contribution is 2.33. The lowest BCUT2D eigenvalue weighted by Gasteiger charge is -2.11. The van der Waals surface area contributed by atoms with Gasteiger partial charge in [-0.15, -0.1) is 11.3 Å². The lowest BCUT2D eigenvalue weighted by Crippen LogP contribution is -2.05. The van der Waals surface area contributed by atoms with Crippen LogP contribution in [0.25, 0.3) is 0 Å². The third kappa shape index (κ3) is 2.93. The summed E-state index contributed by atoms with van der Waals surface area (Å²) in [5, 5.41) is 10.0. The normalized spacial score (nSPS) is 13.6. The van der Waals surface area contributed by atoms with Crippen molar-refractivity contribution in [2.75, 3.05) is 0 Å². The molecule has 0 aliphatic carbocycles. The number of halogens is 4. The number of aliphatic hydroxyl groups excluding tert-OH is 1. The van der Waals surface area contributed by atoms with Gasteiger partial charge in [-0.3, -0.25) is 0 Å². The van der Waals surface area contributed by atoms with Crippen molar-refractivity contribution in [3.63, 3.8) is 0 Å². The van der Waals surface area contributed by atoms with E-state index in [-0.39, 0.29) is 0 Å². The van der Waals surface area contributed by atoms with Crippen LogP contribution < -0.4 is 0 Å². The van der Waals surface area contributed by atoms with Crippen LogP contribution in [0.4, 0.5) is 13.2 Å². The third-order valence-electron chi connectivity index (χ3n) is 2.42. The van der Waals surface area contributed by atoms with E-state index in [4.69, 9.17) is 0 Å². The van der Waals surface area contributed by atoms with E-state index in [1.165, 1.54) is 23.5 Å². The van der Waals surface area contributed by atoms with Gasteiger partial charge >= 0.3 is 6.18 Å². The summed E-state index contributed by atoms with van der Waals surface area (Å²) in [6, 6.07) is 8.05. The van der Waals surface area contributed by atoms with Crippen LogP contribution in [0.2, 0.25) is 0 Å². The van der Waals surface area contributed by atoms with Crippen LogP contribution in [0.15, 0.2) is 40.2 Å². The van der Waals surface area contributed by atoms with E-state index < -0.39 is 17.8 Å². The van der Waals surface area contributed by atoms with E-state index in [1.54, 1.807) is 12.1 Å². The monoisotopic (exact) mass is 336 g/mol. The van der Waals surface area contributed by atoms with Gasteiger partial charge in [0.15, 0.2) is 0 Å². The number of hydrogen-bond donors (Lipinski definition) is 1. The molecule has 6 heteroatoms. The fraction of sp³-hybridized carbons (Fsp3) is 0.167. The minimum atomic E-state index is -4.35. The van der Waals surface area contributed by atoms with Crippen molar-refractivity contribution < 1.29 is 18.3 Å². The number of hydrogen-bond acceptors (Lipinski definition) is 2. The van der Waals surface area contributed by atoms with Crippen molar-refractivity contribution in [2.45, 2.75) is 12.3 Å².